The van der Waals surface area contributed by atoms with Crippen molar-refractivity contribution in [3.05, 3.63) is 106 Å². The van der Waals surface area contributed by atoms with Crippen LogP contribution in [-0.2, 0) is 0 Å². The van der Waals surface area contributed by atoms with Gasteiger partial charge in [-0.05, 0) is 62.7 Å². The van der Waals surface area contributed by atoms with E-state index in [9.17, 15) is 4.79 Å². The summed E-state index contributed by atoms with van der Waals surface area (Å²) in [5.41, 5.74) is 6.21. The molecule has 34 heavy (non-hydrogen) atoms. The standard InChI is InChI=1S/C27H23ClN4O2/c1-16-4-8-19(9-5-16)24-23(26-30-25(31-34-26)20-10-12-21(28)13-11-20)18(3)32(27(33)29-24)22-14-6-17(2)7-15-22/h4-15,24H,1-3H3,(H,29,33). The number of carbonyl (C=O) groups excluding carboxylic acids is 1. The maximum absolute atomic E-state index is 13.3. The van der Waals surface area contributed by atoms with Crippen LogP contribution in [0.3, 0.4) is 0 Å². The van der Waals surface area contributed by atoms with E-state index >= 15 is 0 Å². The van der Waals surface area contributed by atoms with Gasteiger partial charge in [-0.25, -0.2) is 4.79 Å². The molecule has 7 heteroatoms. The molecule has 1 unspecified atom stereocenters. The number of aromatic nitrogens is 2. The molecule has 0 radical (unpaired) electrons. The molecule has 0 saturated heterocycles. The summed E-state index contributed by atoms with van der Waals surface area (Å²) in [6.45, 7) is 5.94. The van der Waals surface area contributed by atoms with Gasteiger partial charge in [0.1, 0.15) is 0 Å². The number of anilines is 1. The van der Waals surface area contributed by atoms with Crippen LogP contribution in [0.1, 0.15) is 35.5 Å². The maximum atomic E-state index is 13.3. The molecule has 0 aliphatic carbocycles. The fourth-order valence-corrected chi connectivity index (χ4v) is 4.21. The first-order valence-corrected chi connectivity index (χ1v) is 11.3. The Balaban J connectivity index is 1.64. The van der Waals surface area contributed by atoms with Crippen molar-refractivity contribution in [2.45, 2.75) is 26.8 Å². The van der Waals surface area contributed by atoms with Crippen LogP contribution in [-0.4, -0.2) is 16.2 Å². The second-order valence-corrected chi connectivity index (χ2v) is 8.83. The van der Waals surface area contributed by atoms with E-state index in [1.165, 1.54) is 0 Å². The molecule has 1 atom stereocenters. The molecule has 0 saturated carbocycles. The Kier molecular flexibility index (Phi) is 5.67. The number of nitrogens with one attached hydrogen (secondary N) is 1. The lowest BCUT2D eigenvalue weighted by molar-refractivity contribution is 0.244. The zero-order chi connectivity index (χ0) is 23.8. The van der Waals surface area contributed by atoms with E-state index in [4.69, 9.17) is 16.1 Å². The van der Waals surface area contributed by atoms with Gasteiger partial charge in [-0.15, -0.1) is 0 Å². The fraction of sp³-hybridized carbons (Fsp3) is 0.148. The summed E-state index contributed by atoms with van der Waals surface area (Å²) >= 11 is 6.02. The first-order valence-electron chi connectivity index (χ1n) is 11.0. The minimum Gasteiger partial charge on any atom is -0.334 e. The zero-order valence-corrected chi connectivity index (χ0v) is 19.8. The smallest absolute Gasteiger partial charge is 0.326 e. The Hall–Kier alpha value is -3.90. The van der Waals surface area contributed by atoms with Gasteiger partial charge < -0.3 is 9.84 Å². The van der Waals surface area contributed by atoms with Gasteiger partial charge in [0.05, 0.1) is 17.3 Å². The van der Waals surface area contributed by atoms with Crippen LogP contribution in [0.4, 0.5) is 10.5 Å². The molecule has 0 spiro atoms. The molecule has 3 aromatic carbocycles. The lowest BCUT2D eigenvalue weighted by Gasteiger charge is -2.35. The molecular formula is C27H23ClN4O2. The number of urea groups is 1. The highest BCUT2D eigenvalue weighted by Gasteiger charge is 2.36. The molecule has 4 aromatic rings. The third-order valence-corrected chi connectivity index (χ3v) is 6.20. The Bertz CT molecular complexity index is 1370. The zero-order valence-electron chi connectivity index (χ0n) is 19.0. The first kappa shape index (κ1) is 21.9. The summed E-state index contributed by atoms with van der Waals surface area (Å²) in [6, 6.07) is 22.5. The van der Waals surface area contributed by atoms with Gasteiger partial charge in [0.2, 0.25) is 5.82 Å². The van der Waals surface area contributed by atoms with E-state index in [1.807, 2.05) is 81.4 Å². The summed E-state index contributed by atoms with van der Waals surface area (Å²) < 4.78 is 5.74. The maximum Gasteiger partial charge on any atom is 0.326 e. The molecule has 170 valence electrons. The van der Waals surface area contributed by atoms with Crippen LogP contribution in [0.25, 0.3) is 17.0 Å². The van der Waals surface area contributed by atoms with Crippen molar-refractivity contribution in [3.63, 3.8) is 0 Å². The number of amides is 2. The lowest BCUT2D eigenvalue weighted by atomic mass is 9.94. The van der Waals surface area contributed by atoms with Crippen LogP contribution in [0, 0.1) is 13.8 Å². The van der Waals surface area contributed by atoms with Crippen molar-refractivity contribution >= 4 is 28.9 Å². The van der Waals surface area contributed by atoms with Gasteiger partial charge in [-0.2, -0.15) is 4.98 Å². The van der Waals surface area contributed by atoms with E-state index in [0.717, 1.165) is 39.2 Å². The summed E-state index contributed by atoms with van der Waals surface area (Å²) in [7, 11) is 0. The quantitative estimate of drug-likeness (QED) is 0.360. The Morgan fingerprint density at radius 2 is 1.50 bits per heavy atom. The van der Waals surface area contributed by atoms with Crippen molar-refractivity contribution in [3.8, 4) is 11.4 Å². The number of allylic oxidation sites excluding steroid dienone is 1. The molecular weight excluding hydrogens is 448 g/mol. The largest absolute Gasteiger partial charge is 0.334 e. The number of hydrogen-bond acceptors (Lipinski definition) is 4. The molecule has 1 aliphatic rings. The molecule has 1 N–H and O–H groups in total. The van der Waals surface area contributed by atoms with Crippen LogP contribution in [0.5, 0.6) is 0 Å². The highest BCUT2D eigenvalue weighted by Crippen LogP contribution is 2.39. The number of halogens is 1. The second-order valence-electron chi connectivity index (χ2n) is 8.39. The summed E-state index contributed by atoms with van der Waals surface area (Å²) in [5, 5.41) is 7.97. The van der Waals surface area contributed by atoms with E-state index in [2.05, 4.69) is 15.5 Å². The minimum absolute atomic E-state index is 0.215. The van der Waals surface area contributed by atoms with Crippen molar-refractivity contribution < 1.29 is 9.32 Å². The summed E-state index contributed by atoms with van der Waals surface area (Å²) in [6.07, 6.45) is 0. The van der Waals surface area contributed by atoms with Crippen LogP contribution >= 0.6 is 11.6 Å². The van der Waals surface area contributed by atoms with E-state index in [1.54, 1.807) is 17.0 Å². The number of rotatable bonds is 4. The van der Waals surface area contributed by atoms with Crippen molar-refractivity contribution in [1.82, 2.24) is 15.5 Å². The molecule has 1 aromatic heterocycles. The average molecular weight is 471 g/mol. The number of aryl methyl sites for hydroxylation is 2. The topological polar surface area (TPSA) is 71.3 Å². The summed E-state index contributed by atoms with van der Waals surface area (Å²) in [4.78, 5) is 19.6. The van der Waals surface area contributed by atoms with Crippen molar-refractivity contribution in [2.75, 3.05) is 4.90 Å². The highest BCUT2D eigenvalue weighted by molar-refractivity contribution is 6.30. The number of hydrogen-bond donors (Lipinski definition) is 1. The predicted octanol–water partition coefficient (Wildman–Crippen LogP) is 6.71. The molecule has 1 aliphatic heterocycles. The molecule has 0 fully saturated rings. The minimum atomic E-state index is -0.437. The van der Waals surface area contributed by atoms with Crippen LogP contribution in [0.15, 0.2) is 83.0 Å². The van der Waals surface area contributed by atoms with Gasteiger partial charge in [0.25, 0.3) is 5.89 Å². The molecule has 0 bridgehead atoms. The fourth-order valence-electron chi connectivity index (χ4n) is 4.08. The number of nitrogens with zero attached hydrogens (tertiary/aromatic N) is 3. The van der Waals surface area contributed by atoms with E-state index < -0.39 is 6.04 Å². The van der Waals surface area contributed by atoms with E-state index in [-0.39, 0.29) is 6.03 Å². The monoisotopic (exact) mass is 470 g/mol. The van der Waals surface area contributed by atoms with Crippen LogP contribution in [0.2, 0.25) is 5.02 Å². The third kappa shape index (κ3) is 4.08. The lowest BCUT2D eigenvalue weighted by Crippen LogP contribution is -2.46. The average Bonchev–Trinajstić information content (AvgIpc) is 3.30. The van der Waals surface area contributed by atoms with Crippen LogP contribution < -0.4 is 10.2 Å². The highest BCUT2D eigenvalue weighted by atomic mass is 35.5. The molecule has 6 nitrogen and oxygen atoms in total. The third-order valence-electron chi connectivity index (χ3n) is 5.95. The van der Waals surface area contributed by atoms with Gasteiger partial charge >= 0.3 is 6.03 Å². The Morgan fingerprint density at radius 1 is 0.882 bits per heavy atom. The van der Waals surface area contributed by atoms with E-state index in [0.29, 0.717) is 16.7 Å². The first-order chi connectivity index (χ1) is 16.4. The number of carbonyl (C=O) groups is 1. The van der Waals surface area contributed by atoms with Gasteiger partial charge in [0.15, 0.2) is 0 Å². The second kappa shape index (κ2) is 8.80. The summed E-state index contributed by atoms with van der Waals surface area (Å²) in [5.74, 6) is 0.804. The Labute approximate surface area is 202 Å². The van der Waals surface area contributed by atoms with Crippen molar-refractivity contribution in [2.24, 2.45) is 0 Å². The molecule has 2 heterocycles. The SMILES string of the molecule is CC1=C(c2nc(-c3ccc(Cl)cc3)no2)C(c2ccc(C)cc2)NC(=O)N1c1ccc(C)cc1. The van der Waals surface area contributed by atoms with Gasteiger partial charge in [-0.1, -0.05) is 64.3 Å². The molecule has 2 amide bonds. The van der Waals surface area contributed by atoms with Gasteiger partial charge in [0, 0.05) is 16.3 Å². The van der Waals surface area contributed by atoms with Crippen molar-refractivity contribution in [1.29, 1.82) is 0 Å². The molecule has 5 rings (SSSR count). The number of benzene rings is 3. The predicted molar refractivity (Wildman–Crippen MR) is 133 cm³/mol. The van der Waals surface area contributed by atoms with Gasteiger partial charge in [-0.3, -0.25) is 4.90 Å². The normalized spacial score (nSPS) is 16.1. The Morgan fingerprint density at radius 3 is 2.15 bits per heavy atom.